The second-order valence-corrected chi connectivity index (χ2v) is 8.81. The van der Waals surface area contributed by atoms with Crippen LogP contribution in [-0.4, -0.2) is 30.0 Å². The number of benzene rings is 2. The van der Waals surface area contributed by atoms with E-state index in [-0.39, 0.29) is 18.9 Å². The third kappa shape index (κ3) is 8.56. The second kappa shape index (κ2) is 12.3. The summed E-state index contributed by atoms with van der Waals surface area (Å²) >= 11 is 2.17. The predicted molar refractivity (Wildman–Crippen MR) is 127 cm³/mol. The van der Waals surface area contributed by atoms with Crippen molar-refractivity contribution in [3.63, 3.8) is 0 Å². The van der Waals surface area contributed by atoms with Gasteiger partial charge in [0.05, 0.1) is 0 Å². The topological polar surface area (TPSA) is 111 Å². The van der Waals surface area contributed by atoms with Crippen molar-refractivity contribution in [3.8, 4) is 0 Å². The van der Waals surface area contributed by atoms with Crippen LogP contribution in [0.4, 0.5) is 4.79 Å². The second-order valence-electron chi connectivity index (χ2n) is 7.65. The summed E-state index contributed by atoms with van der Waals surface area (Å²) in [7, 11) is 0. The molecule has 31 heavy (non-hydrogen) atoms. The van der Waals surface area contributed by atoms with Crippen molar-refractivity contribution in [1.29, 1.82) is 0 Å². The first-order valence-electron chi connectivity index (χ1n) is 10.1. The Bertz CT molecular complexity index is 889. The normalized spacial score (nSPS) is 12.6. The van der Waals surface area contributed by atoms with Crippen LogP contribution in [0.5, 0.6) is 0 Å². The summed E-state index contributed by atoms with van der Waals surface area (Å²) in [5.74, 6) is -0.977. The highest BCUT2D eigenvalue weighted by Crippen LogP contribution is 2.14. The van der Waals surface area contributed by atoms with E-state index in [1.54, 1.807) is 0 Å². The molecular weight excluding hydrogens is 509 g/mol. The number of ether oxygens (including phenoxy) is 1. The molecule has 0 aliphatic heterocycles. The van der Waals surface area contributed by atoms with Gasteiger partial charge in [-0.15, -0.1) is 0 Å². The fourth-order valence-corrected chi connectivity index (χ4v) is 3.60. The molecule has 4 N–H and O–H groups in total. The van der Waals surface area contributed by atoms with Crippen LogP contribution in [0.25, 0.3) is 0 Å². The number of rotatable bonds is 10. The minimum Gasteiger partial charge on any atom is -0.445 e. The Morgan fingerprint density at radius 1 is 0.968 bits per heavy atom. The fourth-order valence-electron chi connectivity index (χ4n) is 2.99. The van der Waals surface area contributed by atoms with Crippen LogP contribution < -0.4 is 16.4 Å². The van der Waals surface area contributed by atoms with E-state index in [9.17, 15) is 14.4 Å². The Labute approximate surface area is 196 Å². The number of primary amides is 1. The van der Waals surface area contributed by atoms with E-state index in [0.29, 0.717) is 6.42 Å². The van der Waals surface area contributed by atoms with Gasteiger partial charge < -0.3 is 21.1 Å². The number of carbonyl (C=O) groups is 3. The lowest BCUT2D eigenvalue weighted by Crippen LogP contribution is -2.54. The molecule has 0 unspecified atom stereocenters. The molecule has 2 aromatic carbocycles. The summed E-state index contributed by atoms with van der Waals surface area (Å²) in [5.41, 5.74) is 7.28. The molecule has 2 atom stereocenters. The van der Waals surface area contributed by atoms with Gasteiger partial charge in [0.1, 0.15) is 18.7 Å². The molecule has 166 valence electrons. The summed E-state index contributed by atoms with van der Waals surface area (Å²) in [6, 6.07) is 15.1. The number of amides is 3. The number of carbonyl (C=O) groups excluding carboxylic acids is 3. The Balaban J connectivity index is 2.01. The van der Waals surface area contributed by atoms with Crippen molar-refractivity contribution in [2.45, 2.75) is 45.4 Å². The van der Waals surface area contributed by atoms with Gasteiger partial charge in [-0.25, -0.2) is 4.79 Å². The van der Waals surface area contributed by atoms with Crippen molar-refractivity contribution in [2.24, 2.45) is 11.7 Å². The van der Waals surface area contributed by atoms with Gasteiger partial charge in [-0.05, 0) is 52.1 Å². The fraction of sp³-hybridized carbons (Fsp3) is 0.348. The van der Waals surface area contributed by atoms with E-state index in [2.05, 4.69) is 33.2 Å². The lowest BCUT2D eigenvalue weighted by molar-refractivity contribution is -0.128. The third-order valence-electron chi connectivity index (χ3n) is 4.57. The molecule has 3 amide bonds. The molecule has 0 aliphatic carbocycles. The molecule has 7 nitrogen and oxygen atoms in total. The zero-order valence-electron chi connectivity index (χ0n) is 17.6. The van der Waals surface area contributed by atoms with Crippen LogP contribution in [0.3, 0.4) is 0 Å². The Morgan fingerprint density at radius 3 is 2.23 bits per heavy atom. The van der Waals surface area contributed by atoms with Crippen LogP contribution in [-0.2, 0) is 27.4 Å². The number of hydrogen-bond acceptors (Lipinski definition) is 4. The zero-order chi connectivity index (χ0) is 22.8. The molecule has 0 spiro atoms. The maximum Gasteiger partial charge on any atom is 0.408 e. The molecule has 0 saturated heterocycles. The van der Waals surface area contributed by atoms with Crippen LogP contribution in [0.1, 0.15) is 31.4 Å². The first-order chi connectivity index (χ1) is 14.8. The zero-order valence-corrected chi connectivity index (χ0v) is 19.8. The van der Waals surface area contributed by atoms with Gasteiger partial charge >= 0.3 is 6.09 Å². The number of halogens is 1. The Morgan fingerprint density at radius 2 is 1.61 bits per heavy atom. The van der Waals surface area contributed by atoms with Crippen molar-refractivity contribution in [3.05, 3.63) is 69.3 Å². The summed E-state index contributed by atoms with van der Waals surface area (Å²) in [6.07, 6.45) is -0.0360. The van der Waals surface area contributed by atoms with Crippen LogP contribution in [0.2, 0.25) is 0 Å². The highest BCUT2D eigenvalue weighted by molar-refractivity contribution is 14.1. The summed E-state index contributed by atoms with van der Waals surface area (Å²) in [6.45, 7) is 3.98. The van der Waals surface area contributed by atoms with Gasteiger partial charge in [0.2, 0.25) is 11.8 Å². The van der Waals surface area contributed by atoms with E-state index in [0.717, 1.165) is 14.7 Å². The summed E-state index contributed by atoms with van der Waals surface area (Å²) < 4.78 is 6.21. The third-order valence-corrected chi connectivity index (χ3v) is 5.62. The molecule has 0 radical (unpaired) electrons. The molecule has 2 aromatic rings. The van der Waals surface area contributed by atoms with Crippen LogP contribution in [0.15, 0.2) is 54.6 Å². The predicted octanol–water partition coefficient (Wildman–Crippen LogP) is 3.14. The van der Waals surface area contributed by atoms with Gasteiger partial charge in [-0.3, -0.25) is 9.59 Å². The molecule has 0 heterocycles. The van der Waals surface area contributed by atoms with Crippen molar-refractivity contribution in [1.82, 2.24) is 10.6 Å². The maximum atomic E-state index is 12.9. The largest absolute Gasteiger partial charge is 0.445 e. The van der Waals surface area contributed by atoms with Crippen LogP contribution in [0, 0.1) is 9.49 Å². The minimum atomic E-state index is -0.889. The first kappa shape index (κ1) is 24.6. The number of nitrogens with one attached hydrogen (secondary N) is 2. The van der Waals surface area contributed by atoms with E-state index >= 15 is 0 Å². The van der Waals surface area contributed by atoms with Crippen molar-refractivity contribution in [2.75, 3.05) is 0 Å². The van der Waals surface area contributed by atoms with E-state index in [1.807, 2.05) is 68.4 Å². The average molecular weight is 537 g/mol. The molecule has 0 fully saturated rings. The summed E-state index contributed by atoms with van der Waals surface area (Å²) in [5, 5.41) is 5.30. The molecule has 8 heteroatoms. The Kier molecular flexibility index (Phi) is 9.77. The molecular formula is C23H28IN3O4. The standard InChI is InChI=1S/C23H28IN3O4/c1-15(2)12-20(27-23(30)31-14-16-8-4-3-5-9-16)22(29)26-19(21(25)28)13-17-10-6-7-11-18(17)24/h3-11,15,19-20H,12-14H2,1-2H3,(H2,25,28)(H,26,29)(H,27,30)/t19-,20-/m0/s1. The van der Waals surface area contributed by atoms with E-state index in [4.69, 9.17) is 10.5 Å². The number of nitrogens with two attached hydrogens (primary N) is 1. The number of alkyl carbamates (subject to hydrolysis) is 1. The molecule has 0 saturated carbocycles. The highest BCUT2D eigenvalue weighted by Gasteiger charge is 2.27. The quantitative estimate of drug-likeness (QED) is 0.405. The van der Waals surface area contributed by atoms with Gasteiger partial charge in [0.25, 0.3) is 0 Å². The monoisotopic (exact) mass is 537 g/mol. The van der Waals surface area contributed by atoms with E-state index < -0.39 is 30.0 Å². The molecule has 0 aliphatic rings. The van der Waals surface area contributed by atoms with Crippen LogP contribution >= 0.6 is 22.6 Å². The highest BCUT2D eigenvalue weighted by atomic mass is 127. The molecule has 0 aromatic heterocycles. The van der Waals surface area contributed by atoms with Gasteiger partial charge in [-0.1, -0.05) is 62.4 Å². The molecule has 2 rings (SSSR count). The van der Waals surface area contributed by atoms with Crippen molar-refractivity contribution < 1.29 is 19.1 Å². The molecule has 0 bridgehead atoms. The average Bonchev–Trinajstić information content (AvgIpc) is 2.73. The smallest absolute Gasteiger partial charge is 0.408 e. The minimum absolute atomic E-state index is 0.0963. The number of hydrogen-bond donors (Lipinski definition) is 3. The maximum absolute atomic E-state index is 12.9. The summed E-state index contributed by atoms with van der Waals surface area (Å²) in [4.78, 5) is 37.1. The Hall–Kier alpha value is -2.62. The van der Waals surface area contributed by atoms with Gasteiger partial charge in [-0.2, -0.15) is 0 Å². The first-order valence-corrected chi connectivity index (χ1v) is 11.1. The van der Waals surface area contributed by atoms with Gasteiger partial charge in [0.15, 0.2) is 0 Å². The SMILES string of the molecule is CC(C)C[C@H](NC(=O)OCc1ccccc1)C(=O)N[C@@H](Cc1ccccc1I)C(N)=O. The lowest BCUT2D eigenvalue weighted by atomic mass is 10.0. The van der Waals surface area contributed by atoms with E-state index in [1.165, 1.54) is 0 Å². The van der Waals surface area contributed by atoms with Crippen molar-refractivity contribution >= 4 is 40.5 Å². The lowest BCUT2D eigenvalue weighted by Gasteiger charge is -2.23. The van der Waals surface area contributed by atoms with Gasteiger partial charge in [0, 0.05) is 9.99 Å².